The van der Waals surface area contributed by atoms with Gasteiger partial charge in [0.25, 0.3) is 5.56 Å². The van der Waals surface area contributed by atoms with Crippen LogP contribution in [0.25, 0.3) is 22.9 Å². The molecule has 1 heterocycles. The van der Waals surface area contributed by atoms with Gasteiger partial charge in [0.05, 0.1) is 0 Å². The molecule has 0 saturated heterocycles. The summed E-state index contributed by atoms with van der Waals surface area (Å²) >= 11 is 4.95. The van der Waals surface area contributed by atoms with Crippen molar-refractivity contribution < 1.29 is 9.90 Å². The first kappa shape index (κ1) is 16.6. The van der Waals surface area contributed by atoms with Crippen LogP contribution in [0.2, 0.25) is 0 Å². The number of phenolic OH excluding ortho intramolecular Hbond substituents is 1. The van der Waals surface area contributed by atoms with Gasteiger partial charge in [0.15, 0.2) is 5.69 Å². The Kier molecular flexibility index (Phi) is 4.44. The summed E-state index contributed by atoms with van der Waals surface area (Å²) < 4.78 is 0.887. The Balaban J connectivity index is 2.10. The molecule has 0 aliphatic rings. The molecule has 1 aromatic heterocycles. The quantitative estimate of drug-likeness (QED) is 0.627. The average Bonchev–Trinajstić information content (AvgIpc) is 2.59. The fraction of sp³-hybridized carbons (Fsp3) is 0.0588. The Morgan fingerprint density at radius 3 is 2.80 bits per heavy atom. The normalized spacial score (nSPS) is 11.1. The number of rotatable bonds is 3. The zero-order chi connectivity index (χ0) is 18.0. The minimum Gasteiger partial charge on any atom is -0.507 e. The number of H-pyrrole nitrogens is 1. The van der Waals surface area contributed by atoms with Gasteiger partial charge in [0, 0.05) is 12.5 Å². The molecular weight excluding hydrogens is 340 g/mol. The average molecular weight is 354 g/mol. The van der Waals surface area contributed by atoms with Gasteiger partial charge in [-0.15, -0.1) is 0 Å². The molecule has 126 valence electrons. The highest BCUT2D eigenvalue weighted by molar-refractivity contribution is 7.71. The minimum atomic E-state index is -0.574. The largest absolute Gasteiger partial charge is 0.507 e. The van der Waals surface area contributed by atoms with E-state index in [0.717, 1.165) is 15.4 Å². The first-order chi connectivity index (χ1) is 12.0. The summed E-state index contributed by atoms with van der Waals surface area (Å²) in [5, 5.41) is 18.3. The van der Waals surface area contributed by atoms with E-state index in [4.69, 9.17) is 12.2 Å². The van der Waals surface area contributed by atoms with E-state index in [9.17, 15) is 14.7 Å². The first-order valence-electron chi connectivity index (χ1n) is 7.35. The number of benzene rings is 2. The van der Waals surface area contributed by atoms with Gasteiger partial charge in [0.2, 0.25) is 10.7 Å². The van der Waals surface area contributed by atoms with Gasteiger partial charge in [-0.1, -0.05) is 30.3 Å². The molecule has 3 aromatic rings. The third-order valence-electron chi connectivity index (χ3n) is 3.52. The van der Waals surface area contributed by atoms with E-state index in [0.29, 0.717) is 5.56 Å². The summed E-state index contributed by atoms with van der Waals surface area (Å²) in [4.78, 5) is 23.6. The maximum Gasteiger partial charge on any atom is 0.299 e. The highest BCUT2D eigenvalue weighted by atomic mass is 32.1. The standard InChI is InChI=1S/C17H14N4O3S/c1-10(22)20-21-16(24)14(18-19-17(21)25)8-7-13-12-5-3-2-4-11(12)6-9-15(13)23/h2-9,23H,1H3,(H,19,25)(H,20,22)/b8-7+. The van der Waals surface area contributed by atoms with Crippen LogP contribution >= 0.6 is 12.2 Å². The van der Waals surface area contributed by atoms with Crippen LogP contribution in [0.3, 0.4) is 0 Å². The summed E-state index contributed by atoms with van der Waals surface area (Å²) in [5.41, 5.74) is 2.35. The fourth-order valence-electron chi connectivity index (χ4n) is 2.40. The number of phenols is 1. The number of hydrogen-bond acceptors (Lipinski definition) is 5. The van der Waals surface area contributed by atoms with Crippen molar-refractivity contribution in [2.45, 2.75) is 6.92 Å². The molecule has 0 unspecified atom stereocenters. The third kappa shape index (κ3) is 3.33. The lowest BCUT2D eigenvalue weighted by atomic mass is 10.0. The second-order valence-corrected chi connectivity index (χ2v) is 5.66. The highest BCUT2D eigenvalue weighted by Crippen LogP contribution is 2.28. The Bertz CT molecular complexity index is 1110. The summed E-state index contributed by atoms with van der Waals surface area (Å²) in [6.45, 7) is 1.27. The topological polar surface area (TPSA) is 100 Å². The predicted molar refractivity (Wildman–Crippen MR) is 98.3 cm³/mol. The number of aromatic hydroxyl groups is 1. The van der Waals surface area contributed by atoms with Crippen molar-refractivity contribution in [2.24, 2.45) is 0 Å². The van der Waals surface area contributed by atoms with Crippen LogP contribution in [0, 0.1) is 4.77 Å². The van der Waals surface area contributed by atoms with E-state index in [-0.39, 0.29) is 16.2 Å². The molecule has 2 aromatic carbocycles. The Morgan fingerprint density at radius 1 is 1.28 bits per heavy atom. The molecule has 8 heteroatoms. The van der Waals surface area contributed by atoms with Gasteiger partial charge in [-0.3, -0.25) is 20.1 Å². The Labute approximate surface area is 147 Å². The van der Waals surface area contributed by atoms with Crippen molar-refractivity contribution in [3.05, 3.63) is 62.8 Å². The molecule has 25 heavy (non-hydrogen) atoms. The fourth-order valence-corrected chi connectivity index (χ4v) is 2.58. The van der Waals surface area contributed by atoms with Crippen molar-refractivity contribution in [1.29, 1.82) is 0 Å². The molecule has 0 aliphatic heterocycles. The molecule has 7 nitrogen and oxygen atoms in total. The van der Waals surface area contributed by atoms with E-state index in [1.807, 2.05) is 30.3 Å². The van der Waals surface area contributed by atoms with Gasteiger partial charge in [-0.05, 0) is 41.2 Å². The van der Waals surface area contributed by atoms with Gasteiger partial charge >= 0.3 is 0 Å². The van der Waals surface area contributed by atoms with Crippen LogP contribution < -0.4 is 11.0 Å². The number of carbonyl (C=O) groups is 1. The number of nitrogens with zero attached hydrogens (tertiary/aromatic N) is 2. The zero-order valence-electron chi connectivity index (χ0n) is 13.2. The van der Waals surface area contributed by atoms with E-state index in [1.54, 1.807) is 12.1 Å². The second kappa shape index (κ2) is 6.70. The first-order valence-corrected chi connectivity index (χ1v) is 7.76. The van der Waals surface area contributed by atoms with E-state index >= 15 is 0 Å². The molecule has 0 radical (unpaired) electrons. The van der Waals surface area contributed by atoms with Crippen LogP contribution in [-0.2, 0) is 4.79 Å². The lowest BCUT2D eigenvalue weighted by molar-refractivity contribution is -0.115. The summed E-state index contributed by atoms with van der Waals surface area (Å²) in [6.07, 6.45) is 3.05. The minimum absolute atomic E-state index is 0.0228. The molecule has 0 bridgehead atoms. The van der Waals surface area contributed by atoms with Crippen LogP contribution in [-0.4, -0.2) is 25.9 Å². The molecular formula is C17H14N4O3S. The highest BCUT2D eigenvalue weighted by Gasteiger charge is 2.08. The van der Waals surface area contributed by atoms with E-state index in [2.05, 4.69) is 15.6 Å². The number of hydrogen-bond donors (Lipinski definition) is 3. The lowest BCUT2D eigenvalue weighted by Crippen LogP contribution is -2.35. The van der Waals surface area contributed by atoms with Crippen molar-refractivity contribution in [3.8, 4) is 5.75 Å². The Morgan fingerprint density at radius 2 is 2.04 bits per heavy atom. The number of aromatic amines is 1. The van der Waals surface area contributed by atoms with E-state index < -0.39 is 11.5 Å². The molecule has 3 rings (SSSR count). The number of nitrogens with one attached hydrogen (secondary N) is 2. The maximum atomic E-state index is 12.4. The number of fused-ring (bicyclic) bond motifs is 1. The predicted octanol–water partition coefficient (Wildman–Crippen LogP) is 2.42. The van der Waals surface area contributed by atoms with E-state index in [1.165, 1.54) is 13.0 Å². The van der Waals surface area contributed by atoms with Gasteiger partial charge in [-0.25, -0.2) is 0 Å². The number of aromatic nitrogens is 3. The smallest absolute Gasteiger partial charge is 0.299 e. The number of amides is 1. The summed E-state index contributed by atoms with van der Waals surface area (Å²) in [7, 11) is 0. The molecule has 0 aliphatic carbocycles. The van der Waals surface area contributed by atoms with Crippen LogP contribution in [0.4, 0.5) is 0 Å². The van der Waals surface area contributed by atoms with Crippen molar-refractivity contribution in [1.82, 2.24) is 14.9 Å². The molecule has 3 N–H and O–H groups in total. The van der Waals surface area contributed by atoms with Crippen molar-refractivity contribution >= 4 is 41.0 Å². The Hall–Kier alpha value is -3.26. The monoisotopic (exact) mass is 354 g/mol. The molecule has 1 amide bonds. The second-order valence-electron chi connectivity index (χ2n) is 5.28. The third-order valence-corrected chi connectivity index (χ3v) is 3.80. The SMILES string of the molecule is CC(=O)Nn1c(=S)[nH]nc(/C=C/c2c(O)ccc3ccccc23)c1=O. The zero-order valence-corrected chi connectivity index (χ0v) is 14.0. The van der Waals surface area contributed by atoms with Crippen molar-refractivity contribution in [2.75, 3.05) is 5.43 Å². The van der Waals surface area contributed by atoms with Gasteiger partial charge in [0.1, 0.15) is 5.75 Å². The van der Waals surface area contributed by atoms with Gasteiger partial charge < -0.3 is 5.11 Å². The molecule has 0 fully saturated rings. The summed E-state index contributed by atoms with van der Waals surface area (Å²) in [6, 6.07) is 11.0. The summed E-state index contributed by atoms with van der Waals surface area (Å²) in [5.74, 6) is -0.351. The van der Waals surface area contributed by atoms with Crippen LogP contribution in [0.5, 0.6) is 5.75 Å². The molecule has 0 atom stereocenters. The lowest BCUT2D eigenvalue weighted by Gasteiger charge is -2.06. The molecule has 0 spiro atoms. The van der Waals surface area contributed by atoms with Crippen molar-refractivity contribution in [3.63, 3.8) is 0 Å². The van der Waals surface area contributed by atoms with Crippen LogP contribution in [0.15, 0.2) is 41.2 Å². The molecule has 0 saturated carbocycles. The van der Waals surface area contributed by atoms with Gasteiger partial charge in [-0.2, -0.15) is 9.77 Å². The number of carbonyl (C=O) groups excluding carboxylic acids is 1. The van der Waals surface area contributed by atoms with Crippen LogP contribution in [0.1, 0.15) is 18.2 Å². The maximum absolute atomic E-state index is 12.4.